The molecule has 0 saturated carbocycles. The zero-order valence-corrected chi connectivity index (χ0v) is 17.8. The van der Waals surface area contributed by atoms with E-state index in [-0.39, 0.29) is 30.4 Å². The summed E-state index contributed by atoms with van der Waals surface area (Å²) >= 11 is 0. The molecule has 0 bridgehead atoms. The fraction of sp³-hybridized carbons (Fsp3) is 0.174. The standard InChI is InChI=1S/C23H23FN2O4S/c1-18-7-13-22(14-8-18)31(28,29)26(20-5-3-2-4-6-20)17-23(27)25-15-16-30-21-11-9-19(24)10-12-21/h2-14H,15-17H2,1H3,(H,25,27). The van der Waals surface area contributed by atoms with Gasteiger partial charge in [-0.3, -0.25) is 9.10 Å². The summed E-state index contributed by atoms with van der Waals surface area (Å²) in [7, 11) is -3.94. The molecule has 0 atom stereocenters. The molecule has 3 rings (SSSR count). The van der Waals surface area contributed by atoms with Gasteiger partial charge in [0.2, 0.25) is 5.91 Å². The Labute approximate surface area is 181 Å². The lowest BCUT2D eigenvalue weighted by Crippen LogP contribution is -2.41. The van der Waals surface area contributed by atoms with Gasteiger partial charge in [0, 0.05) is 0 Å². The Morgan fingerprint density at radius 2 is 1.61 bits per heavy atom. The molecule has 0 radical (unpaired) electrons. The summed E-state index contributed by atoms with van der Waals surface area (Å²) in [6.07, 6.45) is 0. The van der Waals surface area contributed by atoms with Crippen LogP contribution in [0.4, 0.5) is 10.1 Å². The molecular formula is C23H23FN2O4S. The van der Waals surface area contributed by atoms with Crippen LogP contribution in [0.5, 0.6) is 5.75 Å². The van der Waals surface area contributed by atoms with Gasteiger partial charge in [-0.1, -0.05) is 35.9 Å². The van der Waals surface area contributed by atoms with Crippen LogP contribution >= 0.6 is 0 Å². The van der Waals surface area contributed by atoms with Crippen LogP contribution in [-0.2, 0) is 14.8 Å². The minimum absolute atomic E-state index is 0.106. The minimum atomic E-state index is -3.94. The van der Waals surface area contributed by atoms with Gasteiger partial charge in [0.15, 0.2) is 0 Å². The van der Waals surface area contributed by atoms with Crippen LogP contribution in [0.25, 0.3) is 0 Å². The molecule has 0 heterocycles. The van der Waals surface area contributed by atoms with Crippen LogP contribution < -0.4 is 14.4 Å². The molecule has 8 heteroatoms. The third-order valence-electron chi connectivity index (χ3n) is 4.45. The number of halogens is 1. The third kappa shape index (κ3) is 6.05. The monoisotopic (exact) mass is 442 g/mol. The second kappa shape index (κ2) is 10.1. The van der Waals surface area contributed by atoms with Crippen LogP contribution in [0, 0.1) is 12.7 Å². The molecule has 0 aliphatic carbocycles. The topological polar surface area (TPSA) is 75.7 Å². The first-order valence-corrected chi connectivity index (χ1v) is 11.1. The highest BCUT2D eigenvalue weighted by molar-refractivity contribution is 7.92. The fourth-order valence-electron chi connectivity index (χ4n) is 2.82. The molecule has 0 aliphatic heterocycles. The van der Waals surface area contributed by atoms with E-state index in [4.69, 9.17) is 4.74 Å². The van der Waals surface area contributed by atoms with E-state index in [2.05, 4.69) is 5.32 Å². The molecule has 6 nitrogen and oxygen atoms in total. The van der Waals surface area contributed by atoms with Crippen molar-refractivity contribution in [2.24, 2.45) is 0 Å². The maximum absolute atomic E-state index is 13.2. The number of carbonyl (C=O) groups is 1. The number of rotatable bonds is 9. The van der Waals surface area contributed by atoms with E-state index in [9.17, 15) is 17.6 Å². The number of hydrogen-bond acceptors (Lipinski definition) is 4. The zero-order valence-electron chi connectivity index (χ0n) is 17.0. The lowest BCUT2D eigenvalue weighted by atomic mass is 10.2. The average molecular weight is 443 g/mol. The van der Waals surface area contributed by atoms with Crippen molar-refractivity contribution in [2.45, 2.75) is 11.8 Å². The van der Waals surface area contributed by atoms with Crippen molar-refractivity contribution >= 4 is 21.6 Å². The Bertz CT molecular complexity index is 1100. The number of anilines is 1. The maximum atomic E-state index is 13.2. The van der Waals surface area contributed by atoms with E-state index in [1.165, 1.54) is 36.4 Å². The van der Waals surface area contributed by atoms with Crippen LogP contribution in [0.3, 0.4) is 0 Å². The molecule has 1 amide bonds. The fourth-order valence-corrected chi connectivity index (χ4v) is 4.24. The highest BCUT2D eigenvalue weighted by atomic mass is 32.2. The van der Waals surface area contributed by atoms with E-state index in [1.54, 1.807) is 42.5 Å². The molecule has 31 heavy (non-hydrogen) atoms. The van der Waals surface area contributed by atoms with Gasteiger partial charge >= 0.3 is 0 Å². The first-order chi connectivity index (χ1) is 14.9. The summed E-state index contributed by atoms with van der Waals surface area (Å²) in [5, 5.41) is 2.65. The molecule has 0 unspecified atom stereocenters. The predicted molar refractivity (Wildman–Crippen MR) is 117 cm³/mol. The van der Waals surface area contributed by atoms with E-state index in [0.717, 1.165) is 9.87 Å². The van der Waals surface area contributed by atoms with Gasteiger partial charge in [-0.05, 0) is 55.5 Å². The third-order valence-corrected chi connectivity index (χ3v) is 6.24. The number of amides is 1. The number of hydrogen-bond donors (Lipinski definition) is 1. The lowest BCUT2D eigenvalue weighted by Gasteiger charge is -2.24. The Morgan fingerprint density at radius 1 is 0.968 bits per heavy atom. The van der Waals surface area contributed by atoms with Gasteiger partial charge in [0.1, 0.15) is 24.7 Å². The summed E-state index contributed by atoms with van der Waals surface area (Å²) in [5.74, 6) is -0.359. The predicted octanol–water partition coefficient (Wildman–Crippen LogP) is 3.52. The largest absolute Gasteiger partial charge is 0.492 e. The second-order valence-electron chi connectivity index (χ2n) is 6.81. The van der Waals surface area contributed by atoms with E-state index in [0.29, 0.717) is 11.4 Å². The molecule has 3 aromatic rings. The van der Waals surface area contributed by atoms with Gasteiger partial charge in [-0.2, -0.15) is 0 Å². The van der Waals surface area contributed by atoms with E-state index < -0.39 is 15.9 Å². The van der Waals surface area contributed by atoms with E-state index in [1.807, 2.05) is 6.92 Å². The summed E-state index contributed by atoms with van der Waals surface area (Å²) in [4.78, 5) is 12.6. The van der Waals surface area contributed by atoms with Crippen molar-refractivity contribution in [3.05, 3.63) is 90.2 Å². The number of sulfonamides is 1. The molecule has 0 saturated heterocycles. The molecule has 1 N–H and O–H groups in total. The number of para-hydroxylation sites is 1. The molecular weight excluding hydrogens is 419 g/mol. The van der Waals surface area contributed by atoms with Crippen LogP contribution in [0.2, 0.25) is 0 Å². The first kappa shape index (κ1) is 22.3. The van der Waals surface area contributed by atoms with Gasteiger partial charge < -0.3 is 10.1 Å². The Hall–Kier alpha value is -3.39. The van der Waals surface area contributed by atoms with Crippen LogP contribution in [0.15, 0.2) is 83.8 Å². The molecule has 0 aliphatic rings. The van der Waals surface area contributed by atoms with Gasteiger partial charge in [-0.15, -0.1) is 0 Å². The highest BCUT2D eigenvalue weighted by Crippen LogP contribution is 2.23. The Kier molecular flexibility index (Phi) is 7.25. The molecule has 0 spiro atoms. The summed E-state index contributed by atoms with van der Waals surface area (Å²) < 4.78 is 45.9. The maximum Gasteiger partial charge on any atom is 0.264 e. The van der Waals surface area contributed by atoms with Gasteiger partial charge in [-0.25, -0.2) is 12.8 Å². The van der Waals surface area contributed by atoms with Crippen molar-refractivity contribution < 1.29 is 22.3 Å². The minimum Gasteiger partial charge on any atom is -0.492 e. The van der Waals surface area contributed by atoms with Crippen LogP contribution in [0.1, 0.15) is 5.56 Å². The number of aryl methyl sites for hydroxylation is 1. The number of carbonyl (C=O) groups excluding carboxylic acids is 1. The normalized spacial score (nSPS) is 11.0. The lowest BCUT2D eigenvalue weighted by molar-refractivity contribution is -0.119. The van der Waals surface area contributed by atoms with Crippen molar-refractivity contribution in [3.63, 3.8) is 0 Å². The summed E-state index contributed by atoms with van der Waals surface area (Å²) in [6.45, 7) is 1.82. The second-order valence-corrected chi connectivity index (χ2v) is 8.67. The van der Waals surface area contributed by atoms with E-state index >= 15 is 0 Å². The number of ether oxygens (including phenoxy) is 1. The number of benzene rings is 3. The van der Waals surface area contributed by atoms with Crippen molar-refractivity contribution in [1.29, 1.82) is 0 Å². The summed E-state index contributed by atoms with van der Waals surface area (Å²) in [5.41, 5.74) is 1.32. The van der Waals surface area contributed by atoms with Gasteiger partial charge in [0.25, 0.3) is 10.0 Å². The smallest absolute Gasteiger partial charge is 0.264 e. The average Bonchev–Trinajstić information content (AvgIpc) is 2.77. The molecule has 0 fully saturated rings. The Balaban J connectivity index is 1.66. The molecule has 162 valence electrons. The molecule has 0 aromatic heterocycles. The quantitative estimate of drug-likeness (QED) is 0.515. The zero-order chi connectivity index (χ0) is 22.3. The van der Waals surface area contributed by atoms with Crippen LogP contribution in [-0.4, -0.2) is 34.0 Å². The van der Waals surface area contributed by atoms with Crippen molar-refractivity contribution in [3.8, 4) is 5.75 Å². The SMILES string of the molecule is Cc1ccc(S(=O)(=O)N(CC(=O)NCCOc2ccc(F)cc2)c2ccccc2)cc1. The van der Waals surface area contributed by atoms with Crippen molar-refractivity contribution in [2.75, 3.05) is 24.0 Å². The van der Waals surface area contributed by atoms with Gasteiger partial charge in [0.05, 0.1) is 17.1 Å². The first-order valence-electron chi connectivity index (χ1n) is 9.66. The Morgan fingerprint density at radius 3 is 2.26 bits per heavy atom. The summed E-state index contributed by atoms with van der Waals surface area (Å²) in [6, 6.07) is 20.5. The highest BCUT2D eigenvalue weighted by Gasteiger charge is 2.26. The number of nitrogens with zero attached hydrogens (tertiary/aromatic N) is 1. The number of nitrogens with one attached hydrogen (secondary N) is 1. The molecule has 3 aromatic carbocycles. The van der Waals surface area contributed by atoms with Crippen molar-refractivity contribution in [1.82, 2.24) is 5.32 Å².